The lowest BCUT2D eigenvalue weighted by molar-refractivity contribution is 0.0473. The van der Waals surface area contributed by atoms with E-state index in [-0.39, 0.29) is 39.5 Å². The number of Topliss-reactive ketones (excluding diaryl/α,β-unsaturated/α-hetero) is 1. The summed E-state index contributed by atoms with van der Waals surface area (Å²) in [5.74, 6) is -0.430. The van der Waals surface area contributed by atoms with Crippen molar-refractivity contribution >= 4 is 23.4 Å². The molecule has 1 unspecified atom stereocenters. The molecule has 3 heterocycles. The van der Waals surface area contributed by atoms with Gasteiger partial charge in [0.25, 0.3) is 0 Å². The number of rotatable bonds is 7. The number of para-hydroxylation sites is 2. The summed E-state index contributed by atoms with van der Waals surface area (Å²) in [6.07, 6.45) is -0.240. The molecule has 0 saturated heterocycles. The number of hydrogen-bond acceptors (Lipinski definition) is 7. The molecule has 0 fully saturated rings. The fourth-order valence-corrected chi connectivity index (χ4v) is 4.76. The molecular formula is C28H24ClFN2O6. The van der Waals surface area contributed by atoms with Gasteiger partial charge in [-0.05, 0) is 51.1 Å². The van der Waals surface area contributed by atoms with Crippen LogP contribution in [-0.4, -0.2) is 40.8 Å². The number of hydrogen-bond donors (Lipinski definition) is 0. The summed E-state index contributed by atoms with van der Waals surface area (Å²) in [5.41, 5.74) is 1.73. The van der Waals surface area contributed by atoms with Crippen LogP contribution >= 0.6 is 11.6 Å². The summed E-state index contributed by atoms with van der Waals surface area (Å²) in [6.45, 7) is 5.54. The average Bonchev–Trinajstić information content (AvgIpc) is 3.41. The molecule has 1 aliphatic heterocycles. The number of halogens is 2. The molecule has 2 aromatic heterocycles. The van der Waals surface area contributed by atoms with Crippen LogP contribution in [0.4, 0.5) is 4.39 Å². The van der Waals surface area contributed by atoms with Crippen molar-refractivity contribution < 1.29 is 32.7 Å². The zero-order chi connectivity index (χ0) is 27.0. The Kier molecular flexibility index (Phi) is 6.94. The summed E-state index contributed by atoms with van der Waals surface area (Å²) in [5, 5.41) is 3.86. The number of esters is 1. The molecule has 0 spiro atoms. The van der Waals surface area contributed by atoms with Crippen LogP contribution in [0.3, 0.4) is 0 Å². The number of nitrogens with zero attached hydrogens (tertiary/aromatic N) is 2. The second-order valence-electron chi connectivity index (χ2n) is 8.95. The molecule has 1 aliphatic rings. The maximum absolute atomic E-state index is 14.5. The molecule has 0 N–H and O–H groups in total. The highest BCUT2D eigenvalue weighted by molar-refractivity contribution is 6.33. The average molecular weight is 539 g/mol. The summed E-state index contributed by atoms with van der Waals surface area (Å²) < 4.78 is 38.7. The van der Waals surface area contributed by atoms with Crippen LogP contribution in [0, 0.1) is 26.6 Å². The van der Waals surface area contributed by atoms with E-state index in [1.54, 1.807) is 6.07 Å². The van der Waals surface area contributed by atoms with Gasteiger partial charge in [0.2, 0.25) is 5.78 Å². The van der Waals surface area contributed by atoms with E-state index in [0.717, 1.165) is 5.69 Å². The van der Waals surface area contributed by atoms with E-state index in [1.807, 2.05) is 42.7 Å². The first kappa shape index (κ1) is 25.5. The van der Waals surface area contributed by atoms with Gasteiger partial charge in [-0.2, -0.15) is 0 Å². The zero-order valence-electron chi connectivity index (χ0n) is 20.9. The lowest BCUT2D eigenvalue weighted by Gasteiger charge is -2.27. The van der Waals surface area contributed by atoms with Crippen molar-refractivity contribution in [2.24, 2.45) is 0 Å². The molecule has 8 nitrogen and oxygen atoms in total. The van der Waals surface area contributed by atoms with E-state index < -0.39 is 18.4 Å². The van der Waals surface area contributed by atoms with E-state index in [9.17, 15) is 14.0 Å². The topological polar surface area (TPSA) is 92.8 Å². The Morgan fingerprint density at radius 1 is 1.13 bits per heavy atom. The minimum absolute atomic E-state index is 0.0618. The smallest absolute Gasteiger partial charge is 0.344 e. The van der Waals surface area contributed by atoms with Gasteiger partial charge < -0.3 is 23.3 Å². The van der Waals surface area contributed by atoms with Crippen molar-refractivity contribution in [3.8, 4) is 22.8 Å². The number of aryl methyl sites for hydroxylation is 2. The minimum atomic E-state index is -0.869. The van der Waals surface area contributed by atoms with Gasteiger partial charge in [-0.15, -0.1) is 0 Å². The van der Waals surface area contributed by atoms with Crippen molar-refractivity contribution in [1.82, 2.24) is 9.72 Å². The Labute approximate surface area is 222 Å². The summed E-state index contributed by atoms with van der Waals surface area (Å²) in [7, 11) is 0. The quantitative estimate of drug-likeness (QED) is 0.219. The zero-order valence-corrected chi connectivity index (χ0v) is 21.7. The predicted octanol–water partition coefficient (Wildman–Crippen LogP) is 5.74. The molecule has 0 amide bonds. The minimum Gasteiger partial charge on any atom is -0.486 e. The summed E-state index contributed by atoms with van der Waals surface area (Å²) >= 11 is 6.14. The lowest BCUT2D eigenvalue weighted by Crippen LogP contribution is -2.33. The Morgan fingerprint density at radius 3 is 2.66 bits per heavy atom. The SMILES string of the molecule is Cc1onc(-c2c(F)cccc2Cl)c1C(=O)OCC(=O)c1cc(C)n(CC2COc3ccccc3O2)c1C. The van der Waals surface area contributed by atoms with E-state index in [1.165, 1.54) is 25.1 Å². The standard InChI is InChI=1S/C28H24ClFN2O6/c1-15-11-19(16(2)32(15)12-18-13-35-23-9-4-5-10-24(23)37-18)22(33)14-36-28(34)25-17(3)38-31-27(25)26-20(29)7-6-8-21(26)30/h4-11,18H,12-14H2,1-3H3. The van der Waals surface area contributed by atoms with Crippen LogP contribution in [0.1, 0.15) is 37.9 Å². The Morgan fingerprint density at radius 2 is 1.89 bits per heavy atom. The second-order valence-corrected chi connectivity index (χ2v) is 9.36. The molecule has 10 heteroatoms. The number of carbonyl (C=O) groups excluding carboxylic acids is 2. The molecular weight excluding hydrogens is 515 g/mol. The molecule has 38 heavy (non-hydrogen) atoms. The molecule has 0 bridgehead atoms. The van der Waals surface area contributed by atoms with Gasteiger partial charge in [0.05, 0.1) is 17.1 Å². The third-order valence-corrected chi connectivity index (χ3v) is 6.74. The number of ether oxygens (including phenoxy) is 3. The van der Waals surface area contributed by atoms with Gasteiger partial charge in [0, 0.05) is 17.0 Å². The van der Waals surface area contributed by atoms with Crippen LogP contribution in [0.25, 0.3) is 11.3 Å². The highest BCUT2D eigenvalue weighted by Gasteiger charge is 2.28. The molecule has 4 aromatic rings. The number of carbonyl (C=O) groups is 2. The fourth-order valence-electron chi connectivity index (χ4n) is 4.51. The van der Waals surface area contributed by atoms with Gasteiger partial charge >= 0.3 is 5.97 Å². The molecule has 1 atom stereocenters. The number of benzene rings is 2. The normalized spacial score (nSPS) is 14.4. The Hall–Kier alpha value is -4.11. The van der Waals surface area contributed by atoms with Gasteiger partial charge in [-0.25, -0.2) is 9.18 Å². The highest BCUT2D eigenvalue weighted by Crippen LogP contribution is 2.34. The van der Waals surface area contributed by atoms with E-state index in [4.69, 9.17) is 30.3 Å². The molecule has 0 saturated carbocycles. The molecule has 2 aromatic carbocycles. The summed E-state index contributed by atoms with van der Waals surface area (Å²) in [4.78, 5) is 26.0. The first-order chi connectivity index (χ1) is 18.2. The predicted molar refractivity (Wildman–Crippen MR) is 137 cm³/mol. The van der Waals surface area contributed by atoms with Crippen LogP contribution < -0.4 is 9.47 Å². The second kappa shape index (κ2) is 10.3. The van der Waals surface area contributed by atoms with Crippen molar-refractivity contribution in [1.29, 1.82) is 0 Å². The largest absolute Gasteiger partial charge is 0.486 e. The monoisotopic (exact) mass is 538 g/mol. The van der Waals surface area contributed by atoms with Crippen molar-refractivity contribution in [2.45, 2.75) is 33.4 Å². The van der Waals surface area contributed by atoms with E-state index in [0.29, 0.717) is 35.9 Å². The van der Waals surface area contributed by atoms with Gasteiger partial charge in [0.15, 0.2) is 24.2 Å². The molecule has 0 aliphatic carbocycles. The first-order valence-corrected chi connectivity index (χ1v) is 12.3. The van der Waals surface area contributed by atoms with Crippen molar-refractivity contribution in [3.05, 3.63) is 87.6 Å². The Bertz CT molecular complexity index is 1520. The fraction of sp³-hybridized carbons (Fsp3) is 0.250. The van der Waals surface area contributed by atoms with Crippen LogP contribution in [0.2, 0.25) is 5.02 Å². The molecule has 196 valence electrons. The van der Waals surface area contributed by atoms with Gasteiger partial charge in [0.1, 0.15) is 29.4 Å². The maximum atomic E-state index is 14.5. The van der Waals surface area contributed by atoms with Crippen LogP contribution in [0.15, 0.2) is 53.1 Å². The maximum Gasteiger partial charge on any atom is 0.344 e. The third-order valence-electron chi connectivity index (χ3n) is 6.43. The lowest BCUT2D eigenvalue weighted by atomic mass is 10.1. The van der Waals surface area contributed by atoms with Crippen molar-refractivity contribution in [3.63, 3.8) is 0 Å². The van der Waals surface area contributed by atoms with E-state index >= 15 is 0 Å². The van der Waals surface area contributed by atoms with Gasteiger partial charge in [-0.1, -0.05) is 35.0 Å². The third kappa shape index (κ3) is 4.77. The highest BCUT2D eigenvalue weighted by atomic mass is 35.5. The number of aromatic nitrogens is 2. The van der Waals surface area contributed by atoms with E-state index in [2.05, 4.69) is 5.16 Å². The number of fused-ring (bicyclic) bond motifs is 1. The van der Waals surface area contributed by atoms with Crippen LogP contribution in [0.5, 0.6) is 11.5 Å². The Balaban J connectivity index is 1.29. The van der Waals surface area contributed by atoms with Crippen LogP contribution in [-0.2, 0) is 11.3 Å². The molecule has 0 radical (unpaired) electrons. The number of ketones is 1. The molecule has 5 rings (SSSR count). The van der Waals surface area contributed by atoms with Gasteiger partial charge in [-0.3, -0.25) is 4.79 Å². The first-order valence-electron chi connectivity index (χ1n) is 11.9. The summed E-state index contributed by atoms with van der Waals surface area (Å²) in [6, 6.07) is 13.3. The van der Waals surface area contributed by atoms with Crippen molar-refractivity contribution in [2.75, 3.05) is 13.2 Å².